The van der Waals surface area contributed by atoms with Crippen LogP contribution in [-0.2, 0) is 0 Å². The van der Waals surface area contributed by atoms with Crippen LogP contribution in [0.4, 0.5) is 0 Å². The lowest BCUT2D eigenvalue weighted by atomic mass is 9.81. The lowest BCUT2D eigenvalue weighted by Crippen LogP contribution is -2.31. The molecule has 1 aromatic rings. The van der Waals surface area contributed by atoms with Crippen molar-refractivity contribution < 1.29 is 19.1 Å². The van der Waals surface area contributed by atoms with Gasteiger partial charge in [-0.15, -0.1) is 0 Å². The van der Waals surface area contributed by atoms with E-state index >= 15 is 0 Å². The molecule has 1 aliphatic carbocycles. The van der Waals surface area contributed by atoms with E-state index in [9.17, 15) is 9.59 Å². The number of carbonyl (C=O) groups is 2. The summed E-state index contributed by atoms with van der Waals surface area (Å²) in [4.78, 5) is 22.6. The van der Waals surface area contributed by atoms with Gasteiger partial charge in [0.05, 0.1) is 5.56 Å². The summed E-state index contributed by atoms with van der Waals surface area (Å²) in [5.74, 6) is -0.00810. The molecule has 110 valence electrons. The fourth-order valence-electron chi connectivity index (χ4n) is 2.74. The first-order valence-electron chi connectivity index (χ1n) is 7.20. The van der Waals surface area contributed by atoms with Crippen molar-refractivity contribution in [2.24, 2.45) is 11.8 Å². The first kappa shape index (κ1) is 14.6. The van der Waals surface area contributed by atoms with Crippen LogP contribution in [0, 0.1) is 11.8 Å². The van der Waals surface area contributed by atoms with Crippen LogP contribution in [0.25, 0.3) is 0 Å². The van der Waals surface area contributed by atoms with Gasteiger partial charge in [-0.3, -0.25) is 4.79 Å². The zero-order valence-electron chi connectivity index (χ0n) is 11.7. The molecule has 0 aromatic carbocycles. The second-order valence-corrected chi connectivity index (χ2v) is 5.51. The molecule has 0 saturated heterocycles. The van der Waals surface area contributed by atoms with Crippen molar-refractivity contribution in [2.75, 3.05) is 6.54 Å². The van der Waals surface area contributed by atoms with Crippen molar-refractivity contribution in [1.82, 2.24) is 5.32 Å². The number of carboxylic acids is 1. The number of carbonyl (C=O) groups excluding carboxylic acids is 1. The Morgan fingerprint density at radius 1 is 1.30 bits per heavy atom. The molecule has 0 aliphatic heterocycles. The van der Waals surface area contributed by atoms with Gasteiger partial charge in [0.2, 0.25) is 0 Å². The summed E-state index contributed by atoms with van der Waals surface area (Å²) in [6.45, 7) is 2.86. The fourth-order valence-corrected chi connectivity index (χ4v) is 2.74. The number of amides is 1. The average Bonchev–Trinajstić information content (AvgIpc) is 2.95. The monoisotopic (exact) mass is 279 g/mol. The van der Waals surface area contributed by atoms with Gasteiger partial charge in [0.25, 0.3) is 5.91 Å². The van der Waals surface area contributed by atoms with E-state index in [1.165, 1.54) is 25.3 Å². The van der Waals surface area contributed by atoms with Crippen molar-refractivity contribution in [1.29, 1.82) is 0 Å². The predicted molar refractivity (Wildman–Crippen MR) is 73.7 cm³/mol. The SMILES string of the molecule is CCC1CCC(CNC(=O)c2cc(C(=O)O)co2)CC1. The van der Waals surface area contributed by atoms with Crippen LogP contribution in [0.5, 0.6) is 0 Å². The summed E-state index contributed by atoms with van der Waals surface area (Å²) in [5.41, 5.74) is -0.00129. The number of hydrogen-bond donors (Lipinski definition) is 2. The van der Waals surface area contributed by atoms with Gasteiger partial charge in [0.1, 0.15) is 6.26 Å². The number of aromatic carboxylic acids is 1. The zero-order valence-corrected chi connectivity index (χ0v) is 11.7. The molecule has 1 aliphatic rings. The van der Waals surface area contributed by atoms with Crippen molar-refractivity contribution >= 4 is 11.9 Å². The molecular formula is C15H21NO4. The molecule has 0 atom stereocenters. The topological polar surface area (TPSA) is 79.5 Å². The Labute approximate surface area is 118 Å². The van der Waals surface area contributed by atoms with Crippen LogP contribution in [0.15, 0.2) is 16.7 Å². The minimum Gasteiger partial charge on any atom is -0.478 e. The Balaban J connectivity index is 1.79. The van der Waals surface area contributed by atoms with Gasteiger partial charge in [0.15, 0.2) is 5.76 Å². The molecule has 1 aromatic heterocycles. The fraction of sp³-hybridized carbons (Fsp3) is 0.600. The third kappa shape index (κ3) is 3.62. The van der Waals surface area contributed by atoms with E-state index in [2.05, 4.69) is 12.2 Å². The van der Waals surface area contributed by atoms with Gasteiger partial charge in [-0.25, -0.2) is 4.79 Å². The lowest BCUT2D eigenvalue weighted by Gasteiger charge is -2.27. The summed E-state index contributed by atoms with van der Waals surface area (Å²) in [6.07, 6.45) is 7.10. The maximum Gasteiger partial charge on any atom is 0.338 e. The van der Waals surface area contributed by atoms with Crippen LogP contribution < -0.4 is 5.32 Å². The highest BCUT2D eigenvalue weighted by Gasteiger charge is 2.21. The molecule has 1 fully saturated rings. The van der Waals surface area contributed by atoms with Crippen molar-refractivity contribution in [3.8, 4) is 0 Å². The molecule has 2 rings (SSSR count). The van der Waals surface area contributed by atoms with Gasteiger partial charge in [0, 0.05) is 12.6 Å². The summed E-state index contributed by atoms with van der Waals surface area (Å²) < 4.78 is 4.97. The molecule has 5 heteroatoms. The van der Waals surface area contributed by atoms with Gasteiger partial charge in [-0.05, 0) is 24.7 Å². The zero-order chi connectivity index (χ0) is 14.5. The number of hydrogen-bond acceptors (Lipinski definition) is 3. The smallest absolute Gasteiger partial charge is 0.338 e. The first-order chi connectivity index (χ1) is 9.60. The van der Waals surface area contributed by atoms with Crippen LogP contribution in [0.1, 0.15) is 59.9 Å². The maximum atomic E-state index is 11.8. The van der Waals surface area contributed by atoms with E-state index in [4.69, 9.17) is 9.52 Å². The average molecular weight is 279 g/mol. The minimum atomic E-state index is -1.09. The molecule has 1 heterocycles. The summed E-state index contributed by atoms with van der Waals surface area (Å²) in [6, 6.07) is 1.26. The van der Waals surface area contributed by atoms with Crippen LogP contribution in [-0.4, -0.2) is 23.5 Å². The molecule has 2 N–H and O–H groups in total. The highest BCUT2D eigenvalue weighted by molar-refractivity contribution is 5.95. The quantitative estimate of drug-likeness (QED) is 0.868. The van der Waals surface area contributed by atoms with Gasteiger partial charge in [-0.1, -0.05) is 26.2 Å². The highest BCUT2D eigenvalue weighted by Crippen LogP contribution is 2.30. The Morgan fingerprint density at radius 3 is 2.50 bits per heavy atom. The molecular weight excluding hydrogens is 258 g/mol. The van der Waals surface area contributed by atoms with E-state index in [1.807, 2.05) is 0 Å². The number of furan rings is 1. The third-order valence-electron chi connectivity index (χ3n) is 4.17. The summed E-state index contributed by atoms with van der Waals surface area (Å²) in [7, 11) is 0. The van der Waals surface area contributed by atoms with Crippen LogP contribution in [0.3, 0.4) is 0 Å². The standard InChI is InChI=1S/C15H21NO4/c1-2-10-3-5-11(6-4-10)8-16-14(17)13-7-12(9-20-13)15(18)19/h7,9-11H,2-6,8H2,1H3,(H,16,17)(H,18,19). The second kappa shape index (κ2) is 6.59. The van der Waals surface area contributed by atoms with E-state index < -0.39 is 5.97 Å². The maximum absolute atomic E-state index is 11.8. The highest BCUT2D eigenvalue weighted by atomic mass is 16.4. The number of rotatable bonds is 5. The number of carboxylic acid groups (broad SMARTS) is 1. The van der Waals surface area contributed by atoms with Gasteiger partial charge in [-0.2, -0.15) is 0 Å². The largest absolute Gasteiger partial charge is 0.478 e. The summed E-state index contributed by atoms with van der Waals surface area (Å²) >= 11 is 0. The predicted octanol–water partition coefficient (Wildman–Crippen LogP) is 2.92. The van der Waals surface area contributed by atoms with Gasteiger partial charge >= 0.3 is 5.97 Å². The Hall–Kier alpha value is -1.78. The van der Waals surface area contributed by atoms with Crippen LogP contribution >= 0.6 is 0 Å². The molecule has 1 amide bonds. The minimum absolute atomic E-state index is 0.00129. The molecule has 20 heavy (non-hydrogen) atoms. The second-order valence-electron chi connectivity index (χ2n) is 5.51. The van der Waals surface area contributed by atoms with Crippen molar-refractivity contribution in [2.45, 2.75) is 39.0 Å². The van der Waals surface area contributed by atoms with Gasteiger partial charge < -0.3 is 14.8 Å². The Bertz CT molecular complexity index is 472. The summed E-state index contributed by atoms with van der Waals surface area (Å²) in [5, 5.41) is 11.6. The van der Waals surface area contributed by atoms with E-state index in [1.54, 1.807) is 0 Å². The Kier molecular flexibility index (Phi) is 4.82. The van der Waals surface area contributed by atoms with Crippen molar-refractivity contribution in [3.05, 3.63) is 23.7 Å². The molecule has 0 spiro atoms. The van der Waals surface area contributed by atoms with Crippen molar-refractivity contribution in [3.63, 3.8) is 0 Å². The van der Waals surface area contributed by atoms with Crippen LogP contribution in [0.2, 0.25) is 0 Å². The Morgan fingerprint density at radius 2 is 1.95 bits per heavy atom. The molecule has 1 saturated carbocycles. The normalized spacial score (nSPS) is 22.4. The molecule has 0 unspecified atom stereocenters. The molecule has 0 radical (unpaired) electrons. The van der Waals surface area contributed by atoms with E-state index in [0.29, 0.717) is 12.5 Å². The third-order valence-corrected chi connectivity index (χ3v) is 4.17. The first-order valence-corrected chi connectivity index (χ1v) is 7.20. The lowest BCUT2D eigenvalue weighted by molar-refractivity contribution is 0.0696. The molecule has 0 bridgehead atoms. The number of nitrogens with one attached hydrogen (secondary N) is 1. The van der Waals surface area contributed by atoms with E-state index in [-0.39, 0.29) is 17.2 Å². The van der Waals surface area contributed by atoms with E-state index in [0.717, 1.165) is 25.0 Å². The molecule has 5 nitrogen and oxygen atoms in total.